The third-order valence-electron chi connectivity index (χ3n) is 1.62. The van der Waals surface area contributed by atoms with E-state index in [1.165, 1.54) is 0 Å². The molecular formula is C5H10NO3S. The van der Waals surface area contributed by atoms with Crippen molar-refractivity contribution in [3.05, 3.63) is 0 Å². The van der Waals surface area contributed by atoms with E-state index < -0.39 is 9.84 Å². The van der Waals surface area contributed by atoms with Crippen LogP contribution in [0, 0.1) is 0 Å². The lowest BCUT2D eigenvalue weighted by molar-refractivity contribution is 0.0575. The van der Waals surface area contributed by atoms with Gasteiger partial charge in [-0.2, -0.15) is 0 Å². The topological polar surface area (TPSA) is 57.3 Å². The Hall–Kier alpha value is -0.130. The minimum absolute atomic E-state index is 0.148. The lowest BCUT2D eigenvalue weighted by Crippen LogP contribution is -2.40. The molecule has 59 valence electrons. The Kier molecular flexibility index (Phi) is 2.28. The highest BCUT2D eigenvalue weighted by atomic mass is 32.2. The predicted octanol–water partition coefficient (Wildman–Crippen LogP) is -0.895. The van der Waals surface area contributed by atoms with Gasteiger partial charge in [0.15, 0.2) is 9.84 Å². The lowest BCUT2D eigenvalue weighted by atomic mass is 10.5. The number of hydrogen-bond donors (Lipinski definition) is 0. The zero-order valence-electron chi connectivity index (χ0n) is 5.62. The van der Waals surface area contributed by atoms with Gasteiger partial charge in [0.1, 0.15) is 6.73 Å². The van der Waals surface area contributed by atoms with E-state index >= 15 is 0 Å². The summed E-state index contributed by atoms with van der Waals surface area (Å²) in [5, 5.41) is 10.2. The van der Waals surface area contributed by atoms with Gasteiger partial charge in [-0.1, -0.05) is 0 Å². The first-order chi connectivity index (χ1) is 4.64. The van der Waals surface area contributed by atoms with Crippen molar-refractivity contribution < 1.29 is 13.5 Å². The maximum atomic E-state index is 10.8. The molecule has 0 atom stereocenters. The molecule has 0 aromatic heterocycles. The van der Waals surface area contributed by atoms with E-state index in [0.717, 1.165) is 0 Å². The zero-order valence-corrected chi connectivity index (χ0v) is 6.43. The second-order valence-corrected chi connectivity index (χ2v) is 4.70. The summed E-state index contributed by atoms with van der Waals surface area (Å²) >= 11 is 0. The summed E-state index contributed by atoms with van der Waals surface area (Å²) in [6.45, 7) is 0.535. The van der Waals surface area contributed by atoms with Gasteiger partial charge in [0.05, 0.1) is 11.5 Å². The fourth-order valence-electron chi connectivity index (χ4n) is 0.879. The van der Waals surface area contributed by atoms with Crippen LogP contribution in [0.2, 0.25) is 0 Å². The number of nitrogens with zero attached hydrogens (tertiary/aromatic N) is 1. The fourth-order valence-corrected chi connectivity index (χ4v) is 2.16. The molecule has 0 N–H and O–H groups in total. The summed E-state index contributed by atoms with van der Waals surface area (Å²) in [5.74, 6) is 0.296. The van der Waals surface area contributed by atoms with E-state index in [4.69, 9.17) is 0 Å². The standard InChI is InChI=1S/C5H10NO3S/c7-5-6-1-3-10(8,9)4-2-6/h1-5H2. The number of rotatable bonds is 1. The van der Waals surface area contributed by atoms with Crippen LogP contribution in [0.3, 0.4) is 0 Å². The molecule has 0 unspecified atom stereocenters. The Morgan fingerprint density at radius 3 is 2.10 bits per heavy atom. The van der Waals surface area contributed by atoms with Crippen LogP contribution in [0.15, 0.2) is 0 Å². The largest absolute Gasteiger partial charge is 0.276 e. The van der Waals surface area contributed by atoms with Crippen molar-refractivity contribution >= 4 is 9.84 Å². The van der Waals surface area contributed by atoms with Crippen LogP contribution < -0.4 is 0 Å². The highest BCUT2D eigenvalue weighted by molar-refractivity contribution is 7.91. The van der Waals surface area contributed by atoms with E-state index in [-0.39, 0.29) is 18.2 Å². The first-order valence-electron chi connectivity index (χ1n) is 3.15. The summed E-state index contributed by atoms with van der Waals surface area (Å²) in [4.78, 5) is 1.60. The quantitative estimate of drug-likeness (QED) is 0.505. The molecule has 4 nitrogen and oxygen atoms in total. The second kappa shape index (κ2) is 2.86. The highest BCUT2D eigenvalue weighted by Gasteiger charge is 2.20. The van der Waals surface area contributed by atoms with E-state index in [1.54, 1.807) is 4.90 Å². The Bertz CT molecular complexity index is 185. The summed E-state index contributed by atoms with van der Waals surface area (Å²) in [6, 6.07) is 0. The molecule has 1 rings (SSSR count). The molecule has 5 heteroatoms. The molecule has 1 fully saturated rings. The first kappa shape index (κ1) is 7.97. The van der Waals surface area contributed by atoms with Crippen LogP contribution in [0.25, 0.3) is 0 Å². The molecule has 0 bridgehead atoms. The minimum Gasteiger partial charge on any atom is -0.276 e. The SMILES string of the molecule is [O]CN1CCS(=O)(=O)CC1. The molecule has 10 heavy (non-hydrogen) atoms. The van der Waals surface area contributed by atoms with Gasteiger partial charge in [-0.25, -0.2) is 13.5 Å². The van der Waals surface area contributed by atoms with Crippen LogP contribution in [0.4, 0.5) is 0 Å². The zero-order chi connectivity index (χ0) is 7.61. The molecule has 0 aromatic carbocycles. The number of sulfone groups is 1. The molecule has 1 aliphatic heterocycles. The van der Waals surface area contributed by atoms with Crippen molar-refractivity contribution in [2.45, 2.75) is 0 Å². The van der Waals surface area contributed by atoms with Crippen molar-refractivity contribution in [2.24, 2.45) is 0 Å². The van der Waals surface area contributed by atoms with E-state index in [0.29, 0.717) is 13.1 Å². The lowest BCUT2D eigenvalue weighted by Gasteiger charge is -2.22. The number of hydrogen-bond acceptors (Lipinski definition) is 3. The normalized spacial score (nSPS) is 26.5. The maximum absolute atomic E-state index is 10.8. The molecule has 1 radical (unpaired) electrons. The van der Waals surface area contributed by atoms with Gasteiger partial charge in [0, 0.05) is 13.1 Å². The average Bonchev–Trinajstić information content (AvgIpc) is 1.88. The Morgan fingerprint density at radius 2 is 1.70 bits per heavy atom. The third-order valence-corrected chi connectivity index (χ3v) is 3.23. The van der Waals surface area contributed by atoms with Gasteiger partial charge in [-0.3, -0.25) is 4.90 Å². The summed E-state index contributed by atoms with van der Waals surface area (Å²) < 4.78 is 21.6. The Balaban J connectivity index is 2.46. The summed E-state index contributed by atoms with van der Waals surface area (Å²) in [5.41, 5.74) is 0. The average molecular weight is 164 g/mol. The summed E-state index contributed by atoms with van der Waals surface area (Å²) in [6.07, 6.45) is 0. The maximum Gasteiger partial charge on any atom is 0.152 e. The van der Waals surface area contributed by atoms with Crippen molar-refractivity contribution in [1.82, 2.24) is 4.90 Å². The molecule has 1 heterocycles. The monoisotopic (exact) mass is 164 g/mol. The summed E-state index contributed by atoms with van der Waals surface area (Å²) in [7, 11) is -2.81. The molecule has 0 spiro atoms. The Morgan fingerprint density at radius 1 is 1.20 bits per heavy atom. The van der Waals surface area contributed by atoms with Gasteiger partial charge in [0.2, 0.25) is 0 Å². The smallest absolute Gasteiger partial charge is 0.152 e. The molecule has 0 saturated carbocycles. The van der Waals surface area contributed by atoms with Crippen LogP contribution in [-0.4, -0.2) is 44.6 Å². The van der Waals surface area contributed by atoms with Crippen LogP contribution in [0.5, 0.6) is 0 Å². The van der Waals surface area contributed by atoms with Gasteiger partial charge < -0.3 is 0 Å². The van der Waals surface area contributed by atoms with Crippen LogP contribution in [0.1, 0.15) is 0 Å². The van der Waals surface area contributed by atoms with E-state index in [2.05, 4.69) is 0 Å². The van der Waals surface area contributed by atoms with E-state index in [9.17, 15) is 13.5 Å². The first-order valence-corrected chi connectivity index (χ1v) is 4.97. The van der Waals surface area contributed by atoms with Crippen molar-refractivity contribution in [2.75, 3.05) is 31.3 Å². The molecule has 0 aliphatic carbocycles. The van der Waals surface area contributed by atoms with Gasteiger partial charge in [-0.15, -0.1) is 0 Å². The van der Waals surface area contributed by atoms with Gasteiger partial charge in [-0.05, 0) is 0 Å². The van der Waals surface area contributed by atoms with Gasteiger partial charge in [0.25, 0.3) is 0 Å². The molecular weight excluding hydrogens is 154 g/mol. The third kappa shape index (κ3) is 1.93. The van der Waals surface area contributed by atoms with Crippen LogP contribution >= 0.6 is 0 Å². The van der Waals surface area contributed by atoms with Gasteiger partial charge >= 0.3 is 0 Å². The fraction of sp³-hybridized carbons (Fsp3) is 1.00. The predicted molar refractivity (Wildman–Crippen MR) is 35.8 cm³/mol. The molecule has 0 aromatic rings. The second-order valence-electron chi connectivity index (χ2n) is 2.40. The van der Waals surface area contributed by atoms with Crippen molar-refractivity contribution in [1.29, 1.82) is 0 Å². The Labute approximate surface area is 60.4 Å². The molecule has 1 saturated heterocycles. The molecule has 1 aliphatic rings. The highest BCUT2D eigenvalue weighted by Crippen LogP contribution is 2.01. The van der Waals surface area contributed by atoms with Crippen molar-refractivity contribution in [3.63, 3.8) is 0 Å². The minimum atomic E-state index is -2.81. The molecule has 0 amide bonds. The van der Waals surface area contributed by atoms with Crippen molar-refractivity contribution in [3.8, 4) is 0 Å². The van der Waals surface area contributed by atoms with E-state index in [1.807, 2.05) is 0 Å². The van der Waals surface area contributed by atoms with Crippen LogP contribution in [-0.2, 0) is 14.9 Å².